The monoisotopic (exact) mass is 231 g/mol. The van der Waals surface area contributed by atoms with Crippen LogP contribution in [0.5, 0.6) is 0 Å². The van der Waals surface area contributed by atoms with E-state index in [2.05, 4.69) is 5.32 Å². The van der Waals surface area contributed by atoms with Crippen LogP contribution in [0.4, 0.5) is 0 Å². The van der Waals surface area contributed by atoms with Crippen LogP contribution < -0.4 is 5.32 Å². The Balaban J connectivity index is 3.90. The van der Waals surface area contributed by atoms with Gasteiger partial charge in [-0.05, 0) is 13.8 Å². The number of ether oxygens (including phenoxy) is 2. The molecule has 0 spiro atoms. The van der Waals surface area contributed by atoms with Crippen molar-refractivity contribution in [3.05, 3.63) is 12.2 Å². The van der Waals surface area contributed by atoms with Crippen LogP contribution in [-0.4, -0.2) is 43.0 Å². The number of hydrogen-bond acceptors (Lipinski definition) is 4. The molecule has 6 heteroatoms. The molecule has 0 aliphatic rings. The number of nitrogens with one attached hydrogen (secondary N) is 1. The van der Waals surface area contributed by atoms with E-state index in [0.717, 1.165) is 12.2 Å². The van der Waals surface area contributed by atoms with E-state index in [1.54, 1.807) is 0 Å². The molecule has 0 aromatic carbocycles. The summed E-state index contributed by atoms with van der Waals surface area (Å²) in [7, 11) is 0. The highest BCUT2D eigenvalue weighted by atomic mass is 16.7. The van der Waals surface area contributed by atoms with Gasteiger partial charge in [-0.3, -0.25) is 4.79 Å². The lowest BCUT2D eigenvalue weighted by Crippen LogP contribution is -2.34. The molecular weight excluding hydrogens is 214 g/mol. The summed E-state index contributed by atoms with van der Waals surface area (Å²) in [5.41, 5.74) is 0. The molecule has 2 N–H and O–H groups in total. The molecule has 0 saturated carbocycles. The second kappa shape index (κ2) is 8.87. The van der Waals surface area contributed by atoms with Crippen molar-refractivity contribution in [1.29, 1.82) is 0 Å². The predicted octanol–water partition coefficient (Wildman–Crippen LogP) is 0.142. The molecule has 0 heterocycles. The molecule has 0 atom stereocenters. The van der Waals surface area contributed by atoms with Crippen LogP contribution in [0.3, 0.4) is 0 Å². The highest BCUT2D eigenvalue weighted by molar-refractivity contribution is 5.93. The number of carboxylic acids is 1. The predicted molar refractivity (Wildman–Crippen MR) is 56.8 cm³/mol. The SMILES string of the molecule is CCOC(CNC(=O)C=CC(=O)O)OCC. The Hall–Kier alpha value is -1.40. The van der Waals surface area contributed by atoms with Crippen LogP contribution in [0, 0.1) is 0 Å². The number of carboxylic acid groups (broad SMARTS) is 1. The van der Waals surface area contributed by atoms with Gasteiger partial charge in [0.25, 0.3) is 0 Å². The summed E-state index contributed by atoms with van der Waals surface area (Å²) in [5, 5.41) is 10.8. The van der Waals surface area contributed by atoms with Crippen molar-refractivity contribution in [1.82, 2.24) is 5.32 Å². The maximum atomic E-state index is 11.1. The Morgan fingerprint density at radius 1 is 1.25 bits per heavy atom. The largest absolute Gasteiger partial charge is 0.478 e. The molecule has 0 fully saturated rings. The molecule has 0 aliphatic carbocycles. The molecule has 0 unspecified atom stereocenters. The maximum absolute atomic E-state index is 11.1. The van der Waals surface area contributed by atoms with Crippen LogP contribution in [0.25, 0.3) is 0 Å². The third-order valence-electron chi connectivity index (χ3n) is 1.53. The Bertz CT molecular complexity index is 246. The fourth-order valence-corrected chi connectivity index (χ4v) is 0.928. The van der Waals surface area contributed by atoms with Gasteiger partial charge in [0.05, 0.1) is 6.54 Å². The zero-order chi connectivity index (χ0) is 12.4. The molecular formula is C10H17NO5. The van der Waals surface area contributed by atoms with Crippen molar-refractivity contribution in [2.24, 2.45) is 0 Å². The minimum Gasteiger partial charge on any atom is -0.478 e. The lowest BCUT2D eigenvalue weighted by atomic mass is 10.4. The number of aliphatic carboxylic acids is 1. The minimum atomic E-state index is -1.17. The first kappa shape index (κ1) is 14.6. The minimum absolute atomic E-state index is 0.185. The normalized spacial score (nSPS) is 10.9. The van der Waals surface area contributed by atoms with Crippen LogP contribution in [0.1, 0.15) is 13.8 Å². The van der Waals surface area contributed by atoms with Crippen molar-refractivity contribution in [3.63, 3.8) is 0 Å². The fraction of sp³-hybridized carbons (Fsp3) is 0.600. The standard InChI is InChI=1S/C10H17NO5/c1-3-15-10(16-4-2)7-11-8(12)5-6-9(13)14/h5-6,10H,3-4,7H2,1-2H3,(H,11,12)(H,13,14). The molecule has 0 radical (unpaired) electrons. The van der Waals surface area contributed by atoms with E-state index in [1.165, 1.54) is 0 Å². The van der Waals surface area contributed by atoms with E-state index >= 15 is 0 Å². The van der Waals surface area contributed by atoms with Crippen LogP contribution in [0.15, 0.2) is 12.2 Å². The second-order valence-corrected chi connectivity index (χ2v) is 2.76. The smallest absolute Gasteiger partial charge is 0.328 e. The van der Waals surface area contributed by atoms with Gasteiger partial charge < -0.3 is 19.9 Å². The van der Waals surface area contributed by atoms with Crippen molar-refractivity contribution in [2.45, 2.75) is 20.1 Å². The van der Waals surface area contributed by atoms with Gasteiger partial charge in [0.2, 0.25) is 5.91 Å². The molecule has 0 bridgehead atoms. The van der Waals surface area contributed by atoms with Crippen LogP contribution >= 0.6 is 0 Å². The topological polar surface area (TPSA) is 84.9 Å². The van der Waals surface area contributed by atoms with Gasteiger partial charge in [-0.2, -0.15) is 0 Å². The third kappa shape index (κ3) is 7.95. The van der Waals surface area contributed by atoms with Crippen molar-refractivity contribution in [2.75, 3.05) is 19.8 Å². The first-order chi connectivity index (χ1) is 7.60. The highest BCUT2D eigenvalue weighted by Crippen LogP contribution is 1.93. The van der Waals surface area contributed by atoms with Gasteiger partial charge >= 0.3 is 5.97 Å². The molecule has 92 valence electrons. The van der Waals surface area contributed by atoms with Gasteiger partial charge in [0, 0.05) is 25.4 Å². The van der Waals surface area contributed by atoms with Gasteiger partial charge in [0.1, 0.15) is 0 Å². The zero-order valence-corrected chi connectivity index (χ0v) is 9.43. The van der Waals surface area contributed by atoms with Crippen molar-refractivity contribution in [3.8, 4) is 0 Å². The van der Waals surface area contributed by atoms with Gasteiger partial charge in [-0.1, -0.05) is 0 Å². The summed E-state index contributed by atoms with van der Waals surface area (Å²) in [5.74, 6) is -1.66. The highest BCUT2D eigenvalue weighted by Gasteiger charge is 2.08. The van der Waals surface area contributed by atoms with E-state index < -0.39 is 18.2 Å². The van der Waals surface area contributed by atoms with Gasteiger partial charge in [-0.15, -0.1) is 0 Å². The van der Waals surface area contributed by atoms with E-state index in [1.807, 2.05) is 13.8 Å². The molecule has 0 aliphatic heterocycles. The summed E-state index contributed by atoms with van der Waals surface area (Å²) in [4.78, 5) is 21.2. The van der Waals surface area contributed by atoms with E-state index in [0.29, 0.717) is 13.2 Å². The molecule has 0 aromatic heterocycles. The molecule has 6 nitrogen and oxygen atoms in total. The van der Waals surface area contributed by atoms with Crippen LogP contribution in [0.2, 0.25) is 0 Å². The van der Waals surface area contributed by atoms with E-state index in [9.17, 15) is 9.59 Å². The van der Waals surface area contributed by atoms with Gasteiger partial charge in [0.15, 0.2) is 6.29 Å². The summed E-state index contributed by atoms with van der Waals surface area (Å²) in [6.07, 6.45) is 1.21. The summed E-state index contributed by atoms with van der Waals surface area (Å²) in [6, 6.07) is 0. The number of carbonyl (C=O) groups is 2. The molecule has 16 heavy (non-hydrogen) atoms. The number of rotatable bonds is 8. The number of hydrogen-bond donors (Lipinski definition) is 2. The number of carbonyl (C=O) groups excluding carboxylic acids is 1. The average Bonchev–Trinajstić information content (AvgIpc) is 2.23. The first-order valence-electron chi connectivity index (χ1n) is 5.02. The van der Waals surface area contributed by atoms with E-state index in [-0.39, 0.29) is 6.54 Å². The summed E-state index contributed by atoms with van der Waals surface area (Å²) >= 11 is 0. The Kier molecular flexibility index (Phi) is 8.10. The van der Waals surface area contributed by atoms with Crippen molar-refractivity contribution >= 4 is 11.9 Å². The Labute approximate surface area is 94.2 Å². The maximum Gasteiger partial charge on any atom is 0.328 e. The molecule has 0 saturated heterocycles. The third-order valence-corrected chi connectivity index (χ3v) is 1.53. The lowest BCUT2D eigenvalue weighted by Gasteiger charge is -2.16. The van der Waals surface area contributed by atoms with Gasteiger partial charge in [-0.25, -0.2) is 4.79 Å². The molecule has 1 amide bonds. The summed E-state index contributed by atoms with van der Waals surface area (Å²) < 4.78 is 10.4. The van der Waals surface area contributed by atoms with E-state index in [4.69, 9.17) is 14.6 Å². The molecule has 0 rings (SSSR count). The number of amides is 1. The summed E-state index contributed by atoms with van der Waals surface area (Å²) in [6.45, 7) is 4.78. The Morgan fingerprint density at radius 3 is 2.25 bits per heavy atom. The average molecular weight is 231 g/mol. The van der Waals surface area contributed by atoms with Crippen LogP contribution in [-0.2, 0) is 19.1 Å². The zero-order valence-electron chi connectivity index (χ0n) is 9.43. The fourth-order valence-electron chi connectivity index (χ4n) is 0.928. The quantitative estimate of drug-likeness (QED) is 0.458. The van der Waals surface area contributed by atoms with Crippen molar-refractivity contribution < 1.29 is 24.2 Å². The molecule has 0 aromatic rings. The lowest BCUT2D eigenvalue weighted by molar-refractivity contribution is -0.138. The first-order valence-corrected chi connectivity index (χ1v) is 5.02. The second-order valence-electron chi connectivity index (χ2n) is 2.76. The Morgan fingerprint density at radius 2 is 1.81 bits per heavy atom.